The van der Waals surface area contributed by atoms with Crippen LogP contribution >= 0.6 is 0 Å². The van der Waals surface area contributed by atoms with E-state index in [-0.39, 0.29) is 37.2 Å². The van der Waals surface area contributed by atoms with Crippen LogP contribution < -0.4 is 15.7 Å². The number of amides is 1. The van der Waals surface area contributed by atoms with Gasteiger partial charge in [-0.15, -0.1) is 0 Å². The number of aliphatic hydroxyl groups excluding tert-OH is 2. The molecule has 0 saturated carbocycles. The van der Waals surface area contributed by atoms with E-state index in [0.717, 1.165) is 11.1 Å². The number of hydrogen-bond acceptors (Lipinski definition) is 7. The summed E-state index contributed by atoms with van der Waals surface area (Å²) < 4.78 is 16.1. The number of carbonyl (C=O) groups excluding carboxylic acids is 1. The standard InChI is InChI=1S/C19H25NO7/c1-12(23)20-16-10-15-13(5-3-7-21)9-14(6-4-8-22)17(26-11-25-2)18(15)27-19(16)24/h9-10,21-22H,3-8,11H2,1-2H3,(H,20,23). The molecule has 1 amide bonds. The van der Waals surface area contributed by atoms with Crippen LogP contribution in [-0.4, -0.2) is 43.2 Å². The van der Waals surface area contributed by atoms with Crippen LogP contribution in [0.3, 0.4) is 0 Å². The van der Waals surface area contributed by atoms with Gasteiger partial charge in [0, 0.05) is 32.6 Å². The summed E-state index contributed by atoms with van der Waals surface area (Å²) in [5.41, 5.74) is 1.24. The fourth-order valence-electron chi connectivity index (χ4n) is 2.86. The minimum absolute atomic E-state index is 0.0130. The van der Waals surface area contributed by atoms with Gasteiger partial charge in [-0.3, -0.25) is 4.79 Å². The Morgan fingerprint density at radius 1 is 1.15 bits per heavy atom. The molecule has 0 bridgehead atoms. The largest absolute Gasteiger partial charge is 0.463 e. The van der Waals surface area contributed by atoms with Gasteiger partial charge >= 0.3 is 5.63 Å². The Hall–Kier alpha value is -2.42. The third kappa shape index (κ3) is 5.29. The van der Waals surface area contributed by atoms with Gasteiger partial charge in [-0.1, -0.05) is 6.07 Å². The molecule has 8 heteroatoms. The molecule has 0 unspecified atom stereocenters. The fourth-order valence-corrected chi connectivity index (χ4v) is 2.86. The van der Waals surface area contributed by atoms with Crippen molar-refractivity contribution in [3.8, 4) is 5.75 Å². The van der Waals surface area contributed by atoms with Crippen molar-refractivity contribution in [3.63, 3.8) is 0 Å². The molecule has 2 aromatic rings. The molecule has 0 spiro atoms. The smallest absolute Gasteiger partial charge is 0.360 e. The maximum Gasteiger partial charge on any atom is 0.360 e. The first-order valence-electron chi connectivity index (χ1n) is 8.75. The number of aryl methyl sites for hydroxylation is 2. The zero-order valence-electron chi connectivity index (χ0n) is 15.5. The summed E-state index contributed by atoms with van der Waals surface area (Å²) in [5.74, 6) is -0.00601. The van der Waals surface area contributed by atoms with Crippen molar-refractivity contribution in [1.29, 1.82) is 0 Å². The summed E-state index contributed by atoms with van der Waals surface area (Å²) in [5, 5.41) is 21.4. The highest BCUT2D eigenvalue weighted by atomic mass is 16.7. The number of rotatable bonds is 10. The molecule has 1 heterocycles. The number of aliphatic hydroxyl groups is 2. The molecule has 8 nitrogen and oxygen atoms in total. The van der Waals surface area contributed by atoms with E-state index >= 15 is 0 Å². The van der Waals surface area contributed by atoms with Crippen LogP contribution in [0.15, 0.2) is 21.3 Å². The Labute approximate surface area is 156 Å². The molecule has 0 atom stereocenters. The number of ether oxygens (including phenoxy) is 2. The number of benzene rings is 1. The van der Waals surface area contributed by atoms with Crippen molar-refractivity contribution in [2.24, 2.45) is 0 Å². The summed E-state index contributed by atoms with van der Waals surface area (Å²) in [6.45, 7) is 1.31. The first-order valence-corrected chi connectivity index (χ1v) is 8.75. The van der Waals surface area contributed by atoms with Gasteiger partial charge in [0.05, 0.1) is 0 Å². The lowest BCUT2D eigenvalue weighted by molar-refractivity contribution is -0.114. The quantitative estimate of drug-likeness (QED) is 0.424. The van der Waals surface area contributed by atoms with Gasteiger partial charge in [0.2, 0.25) is 5.91 Å². The van der Waals surface area contributed by atoms with Gasteiger partial charge in [-0.25, -0.2) is 4.79 Å². The van der Waals surface area contributed by atoms with Gasteiger partial charge in [0.25, 0.3) is 0 Å². The Morgan fingerprint density at radius 2 is 1.81 bits per heavy atom. The van der Waals surface area contributed by atoms with Crippen LogP contribution in [0, 0.1) is 0 Å². The monoisotopic (exact) mass is 379 g/mol. The molecule has 0 aliphatic rings. The normalized spacial score (nSPS) is 11.0. The highest BCUT2D eigenvalue weighted by Gasteiger charge is 2.18. The van der Waals surface area contributed by atoms with Gasteiger partial charge in [-0.2, -0.15) is 0 Å². The molecule has 1 aromatic carbocycles. The molecule has 0 saturated heterocycles. The van der Waals surface area contributed by atoms with Crippen molar-refractivity contribution in [3.05, 3.63) is 33.7 Å². The molecular formula is C19H25NO7. The van der Waals surface area contributed by atoms with Gasteiger partial charge in [0.1, 0.15) is 5.69 Å². The fraction of sp³-hybridized carbons (Fsp3) is 0.474. The van der Waals surface area contributed by atoms with Crippen LogP contribution in [0.2, 0.25) is 0 Å². The second-order valence-electron chi connectivity index (χ2n) is 6.10. The Bertz CT molecular complexity index is 844. The number of methoxy groups -OCH3 is 1. The van der Waals surface area contributed by atoms with Crippen LogP contribution in [0.4, 0.5) is 5.69 Å². The summed E-state index contributed by atoms with van der Waals surface area (Å²) in [6.07, 6.45) is 2.12. The van der Waals surface area contributed by atoms with Gasteiger partial charge in [-0.05, 0) is 42.9 Å². The lowest BCUT2D eigenvalue weighted by Gasteiger charge is -2.16. The number of carbonyl (C=O) groups is 1. The molecule has 0 aliphatic heterocycles. The predicted octanol–water partition coefficient (Wildman–Crippen LogP) is 1.58. The lowest BCUT2D eigenvalue weighted by atomic mass is 9.97. The summed E-state index contributed by atoms with van der Waals surface area (Å²) in [7, 11) is 1.48. The zero-order chi connectivity index (χ0) is 19.8. The van der Waals surface area contributed by atoms with Crippen LogP contribution in [0.25, 0.3) is 11.0 Å². The molecular weight excluding hydrogens is 354 g/mol. The Kier molecular flexibility index (Phi) is 7.78. The summed E-state index contributed by atoms with van der Waals surface area (Å²) >= 11 is 0. The number of fused-ring (bicyclic) bond motifs is 1. The van der Waals surface area contributed by atoms with Crippen molar-refractivity contribution >= 4 is 22.6 Å². The molecule has 3 N–H and O–H groups in total. The Balaban J connectivity index is 2.70. The van der Waals surface area contributed by atoms with E-state index in [1.54, 1.807) is 6.07 Å². The zero-order valence-corrected chi connectivity index (χ0v) is 15.5. The lowest BCUT2D eigenvalue weighted by Crippen LogP contribution is -2.15. The average molecular weight is 379 g/mol. The van der Waals surface area contributed by atoms with E-state index in [1.807, 2.05) is 6.07 Å². The van der Waals surface area contributed by atoms with E-state index < -0.39 is 5.63 Å². The highest BCUT2D eigenvalue weighted by molar-refractivity contribution is 5.93. The third-order valence-corrected chi connectivity index (χ3v) is 3.98. The van der Waals surface area contributed by atoms with Crippen molar-refractivity contribution in [2.45, 2.75) is 32.6 Å². The molecule has 148 valence electrons. The van der Waals surface area contributed by atoms with Crippen molar-refractivity contribution < 1.29 is 28.9 Å². The predicted molar refractivity (Wildman–Crippen MR) is 100 cm³/mol. The first-order chi connectivity index (χ1) is 13.0. The minimum Gasteiger partial charge on any atom is -0.463 e. The SMILES string of the molecule is COCOc1c(CCCO)cc(CCCO)c2cc(NC(C)=O)c(=O)oc12. The van der Waals surface area contributed by atoms with Gasteiger partial charge < -0.3 is 29.4 Å². The summed E-state index contributed by atoms with van der Waals surface area (Å²) in [4.78, 5) is 23.6. The van der Waals surface area contributed by atoms with Crippen LogP contribution in [0.1, 0.15) is 30.9 Å². The van der Waals surface area contributed by atoms with E-state index in [1.165, 1.54) is 14.0 Å². The summed E-state index contributed by atoms with van der Waals surface area (Å²) in [6, 6.07) is 3.47. The average Bonchev–Trinajstić information content (AvgIpc) is 2.64. The first kappa shape index (κ1) is 20.9. The highest BCUT2D eigenvalue weighted by Crippen LogP contribution is 2.34. The van der Waals surface area contributed by atoms with E-state index in [2.05, 4.69) is 5.32 Å². The molecule has 0 radical (unpaired) electrons. The molecule has 27 heavy (non-hydrogen) atoms. The molecule has 0 aliphatic carbocycles. The van der Waals surface area contributed by atoms with Crippen molar-refractivity contribution in [2.75, 3.05) is 32.4 Å². The van der Waals surface area contributed by atoms with E-state index in [0.29, 0.717) is 36.8 Å². The maximum atomic E-state index is 12.3. The molecule has 1 aromatic heterocycles. The van der Waals surface area contributed by atoms with E-state index in [4.69, 9.17) is 13.9 Å². The molecule has 0 fully saturated rings. The molecule has 2 rings (SSSR count). The van der Waals surface area contributed by atoms with E-state index in [9.17, 15) is 19.8 Å². The van der Waals surface area contributed by atoms with Crippen LogP contribution in [-0.2, 0) is 22.4 Å². The third-order valence-electron chi connectivity index (χ3n) is 3.98. The topological polar surface area (TPSA) is 118 Å². The second-order valence-corrected chi connectivity index (χ2v) is 6.10. The number of anilines is 1. The minimum atomic E-state index is -0.688. The maximum absolute atomic E-state index is 12.3. The second kappa shape index (κ2) is 10.1. The number of hydrogen-bond donors (Lipinski definition) is 3. The van der Waals surface area contributed by atoms with Gasteiger partial charge in [0.15, 0.2) is 18.1 Å². The van der Waals surface area contributed by atoms with Crippen molar-refractivity contribution in [1.82, 2.24) is 0 Å². The Morgan fingerprint density at radius 3 is 2.41 bits per heavy atom. The number of nitrogens with one attached hydrogen (secondary N) is 1. The van der Waals surface area contributed by atoms with Crippen LogP contribution in [0.5, 0.6) is 5.75 Å².